The maximum absolute atomic E-state index is 5.23. The lowest BCUT2D eigenvalue weighted by molar-refractivity contribution is -0.910. The highest BCUT2D eigenvalue weighted by Gasteiger charge is 2.14. The van der Waals surface area contributed by atoms with Crippen LogP contribution in [-0.4, -0.2) is 31.7 Å². The van der Waals surface area contributed by atoms with Crippen LogP contribution in [-0.2, 0) is 6.54 Å². The number of methoxy groups -OCH3 is 1. The summed E-state index contributed by atoms with van der Waals surface area (Å²) >= 11 is 2.07. The van der Waals surface area contributed by atoms with Gasteiger partial charge in [0.15, 0.2) is 0 Å². The van der Waals surface area contributed by atoms with Crippen LogP contribution in [0.4, 0.5) is 0 Å². The van der Waals surface area contributed by atoms with Gasteiger partial charge in [0.1, 0.15) is 12.3 Å². The first-order chi connectivity index (χ1) is 7.38. The number of hydrogen-bond donors (Lipinski definition) is 1. The molecule has 1 aliphatic heterocycles. The predicted molar refractivity (Wildman–Crippen MR) is 64.7 cm³/mol. The molecule has 1 saturated heterocycles. The smallest absolute Gasteiger partial charge is 0.119 e. The molecule has 1 heterocycles. The molecule has 0 saturated carbocycles. The van der Waals surface area contributed by atoms with Crippen LogP contribution in [0.25, 0.3) is 0 Å². The molecule has 15 heavy (non-hydrogen) atoms. The molecule has 0 amide bonds. The SMILES string of the molecule is COc1cccc(C[NH+]2CCSCC2)c1. The zero-order valence-corrected chi connectivity index (χ0v) is 9.98. The van der Waals surface area contributed by atoms with Crippen LogP contribution in [0, 0.1) is 0 Å². The van der Waals surface area contributed by atoms with Gasteiger partial charge < -0.3 is 9.64 Å². The van der Waals surface area contributed by atoms with E-state index in [0.29, 0.717) is 0 Å². The van der Waals surface area contributed by atoms with Crippen molar-refractivity contribution in [3.05, 3.63) is 29.8 Å². The molecule has 0 aromatic heterocycles. The van der Waals surface area contributed by atoms with Crippen molar-refractivity contribution in [3.63, 3.8) is 0 Å². The monoisotopic (exact) mass is 224 g/mol. The molecule has 0 bridgehead atoms. The van der Waals surface area contributed by atoms with Crippen LogP contribution < -0.4 is 9.64 Å². The first kappa shape index (κ1) is 10.8. The Balaban J connectivity index is 1.96. The summed E-state index contributed by atoms with van der Waals surface area (Å²) in [6, 6.07) is 8.42. The molecule has 1 N–H and O–H groups in total. The molecule has 0 spiro atoms. The van der Waals surface area contributed by atoms with Gasteiger partial charge in [-0.3, -0.25) is 0 Å². The molecule has 0 unspecified atom stereocenters. The lowest BCUT2D eigenvalue weighted by Crippen LogP contribution is -3.12. The highest BCUT2D eigenvalue weighted by Crippen LogP contribution is 2.11. The van der Waals surface area contributed by atoms with Crippen molar-refractivity contribution < 1.29 is 9.64 Å². The molecular weight excluding hydrogens is 206 g/mol. The molecular formula is C12H18NOS+. The Bertz CT molecular complexity index is 310. The van der Waals surface area contributed by atoms with E-state index >= 15 is 0 Å². The van der Waals surface area contributed by atoms with Crippen molar-refractivity contribution in [3.8, 4) is 5.75 Å². The fraction of sp³-hybridized carbons (Fsp3) is 0.500. The summed E-state index contributed by atoms with van der Waals surface area (Å²) in [5, 5.41) is 0. The molecule has 0 radical (unpaired) electrons. The number of benzene rings is 1. The van der Waals surface area contributed by atoms with E-state index in [2.05, 4.69) is 30.0 Å². The van der Waals surface area contributed by atoms with E-state index in [0.717, 1.165) is 12.3 Å². The molecule has 1 fully saturated rings. The minimum atomic E-state index is 0.971. The molecule has 0 atom stereocenters. The van der Waals surface area contributed by atoms with Crippen LogP contribution in [0.2, 0.25) is 0 Å². The minimum Gasteiger partial charge on any atom is -0.497 e. The van der Waals surface area contributed by atoms with Crippen molar-refractivity contribution in [2.75, 3.05) is 31.7 Å². The highest BCUT2D eigenvalue weighted by molar-refractivity contribution is 7.99. The Hall–Kier alpha value is -0.670. The van der Waals surface area contributed by atoms with Crippen LogP contribution >= 0.6 is 11.8 Å². The van der Waals surface area contributed by atoms with Crippen molar-refractivity contribution in [2.24, 2.45) is 0 Å². The van der Waals surface area contributed by atoms with E-state index in [1.54, 1.807) is 12.0 Å². The third-order valence-corrected chi connectivity index (χ3v) is 3.77. The van der Waals surface area contributed by atoms with Crippen molar-refractivity contribution in [2.45, 2.75) is 6.54 Å². The van der Waals surface area contributed by atoms with Gasteiger partial charge in [0, 0.05) is 17.1 Å². The van der Waals surface area contributed by atoms with Crippen LogP contribution in [0.5, 0.6) is 5.75 Å². The molecule has 82 valence electrons. The fourth-order valence-corrected chi connectivity index (χ4v) is 2.98. The van der Waals surface area contributed by atoms with Gasteiger partial charge in [-0.05, 0) is 12.1 Å². The molecule has 0 aliphatic carbocycles. The summed E-state index contributed by atoms with van der Waals surface area (Å²) in [6.07, 6.45) is 0. The van der Waals surface area contributed by atoms with E-state index in [1.165, 1.54) is 30.2 Å². The Labute approximate surface area is 95.6 Å². The molecule has 3 heteroatoms. The lowest BCUT2D eigenvalue weighted by atomic mass is 10.2. The van der Waals surface area contributed by atoms with Crippen molar-refractivity contribution in [1.82, 2.24) is 0 Å². The normalized spacial score (nSPS) is 17.7. The van der Waals surface area contributed by atoms with E-state index in [9.17, 15) is 0 Å². The number of ether oxygens (including phenoxy) is 1. The molecule has 2 nitrogen and oxygen atoms in total. The largest absolute Gasteiger partial charge is 0.497 e. The Morgan fingerprint density at radius 3 is 2.87 bits per heavy atom. The fourth-order valence-electron chi connectivity index (χ4n) is 1.91. The van der Waals surface area contributed by atoms with Crippen molar-refractivity contribution in [1.29, 1.82) is 0 Å². The third kappa shape index (κ3) is 3.14. The third-order valence-electron chi connectivity index (χ3n) is 2.79. The standard InChI is InChI=1S/C12H17NOS/c1-14-12-4-2-3-11(9-12)10-13-5-7-15-8-6-13/h2-4,9H,5-8,10H2,1H3/p+1. The van der Waals surface area contributed by atoms with Crippen LogP contribution in [0.15, 0.2) is 24.3 Å². The first-order valence-electron chi connectivity index (χ1n) is 5.43. The topological polar surface area (TPSA) is 13.7 Å². The van der Waals surface area contributed by atoms with Gasteiger partial charge in [-0.1, -0.05) is 12.1 Å². The van der Waals surface area contributed by atoms with Crippen LogP contribution in [0.1, 0.15) is 5.56 Å². The van der Waals surface area contributed by atoms with Gasteiger partial charge >= 0.3 is 0 Å². The van der Waals surface area contributed by atoms with Gasteiger partial charge in [-0.2, -0.15) is 11.8 Å². The van der Waals surface area contributed by atoms with Crippen molar-refractivity contribution >= 4 is 11.8 Å². The van der Waals surface area contributed by atoms with E-state index in [4.69, 9.17) is 4.74 Å². The molecule has 1 aliphatic rings. The second kappa shape index (κ2) is 5.42. The predicted octanol–water partition coefficient (Wildman–Crippen LogP) is 0.827. The summed E-state index contributed by atoms with van der Waals surface area (Å²) in [4.78, 5) is 1.70. The quantitative estimate of drug-likeness (QED) is 0.817. The van der Waals surface area contributed by atoms with E-state index in [1.807, 2.05) is 6.07 Å². The number of quaternary nitrogens is 1. The van der Waals surface area contributed by atoms with Gasteiger partial charge in [0.05, 0.1) is 20.2 Å². The number of thioether (sulfide) groups is 1. The maximum atomic E-state index is 5.23. The number of hydrogen-bond acceptors (Lipinski definition) is 2. The summed E-state index contributed by atoms with van der Waals surface area (Å²) in [5.74, 6) is 3.58. The van der Waals surface area contributed by atoms with Gasteiger partial charge in [-0.25, -0.2) is 0 Å². The Morgan fingerprint density at radius 2 is 2.13 bits per heavy atom. The minimum absolute atomic E-state index is 0.971. The zero-order chi connectivity index (χ0) is 10.5. The average molecular weight is 224 g/mol. The molecule has 2 rings (SSSR count). The molecule has 1 aromatic rings. The lowest BCUT2D eigenvalue weighted by Gasteiger charge is -2.23. The Morgan fingerprint density at radius 1 is 1.33 bits per heavy atom. The van der Waals surface area contributed by atoms with Gasteiger partial charge in [0.2, 0.25) is 0 Å². The van der Waals surface area contributed by atoms with Gasteiger partial charge in [0.25, 0.3) is 0 Å². The summed E-state index contributed by atoms with van der Waals surface area (Å²) in [6.45, 7) is 3.72. The second-order valence-electron chi connectivity index (χ2n) is 3.89. The summed E-state index contributed by atoms with van der Waals surface area (Å²) in [5.41, 5.74) is 1.39. The summed E-state index contributed by atoms with van der Waals surface area (Å²) < 4.78 is 5.23. The maximum Gasteiger partial charge on any atom is 0.119 e. The van der Waals surface area contributed by atoms with Gasteiger partial charge in [-0.15, -0.1) is 0 Å². The average Bonchev–Trinajstić information content (AvgIpc) is 2.31. The highest BCUT2D eigenvalue weighted by atomic mass is 32.2. The Kier molecular flexibility index (Phi) is 3.92. The molecule has 1 aromatic carbocycles. The summed E-state index contributed by atoms with van der Waals surface area (Å²) in [7, 11) is 1.73. The van der Waals surface area contributed by atoms with Crippen LogP contribution in [0.3, 0.4) is 0 Å². The van der Waals surface area contributed by atoms with E-state index < -0.39 is 0 Å². The second-order valence-corrected chi connectivity index (χ2v) is 5.12. The number of nitrogens with one attached hydrogen (secondary N) is 1. The number of rotatable bonds is 3. The van der Waals surface area contributed by atoms with E-state index in [-0.39, 0.29) is 0 Å². The zero-order valence-electron chi connectivity index (χ0n) is 9.16. The first-order valence-corrected chi connectivity index (χ1v) is 6.58.